The number of hydrogen-bond donors (Lipinski definition) is 2. The molecule has 0 aliphatic carbocycles. The number of amides is 1. The van der Waals surface area contributed by atoms with Crippen molar-refractivity contribution in [1.29, 1.82) is 0 Å². The highest BCUT2D eigenvalue weighted by Gasteiger charge is 2.04. The van der Waals surface area contributed by atoms with Crippen molar-refractivity contribution >= 4 is 16.8 Å². The van der Waals surface area contributed by atoms with Crippen molar-refractivity contribution in [3.8, 4) is 0 Å². The summed E-state index contributed by atoms with van der Waals surface area (Å²) in [6, 6.07) is 8.14. The van der Waals surface area contributed by atoms with E-state index in [1.54, 1.807) is 7.11 Å². The van der Waals surface area contributed by atoms with E-state index in [4.69, 9.17) is 9.47 Å². The number of aromatic amines is 1. The van der Waals surface area contributed by atoms with E-state index < -0.39 is 0 Å². The minimum atomic E-state index is -0.0963. The lowest BCUT2D eigenvalue weighted by atomic mass is 10.1. The number of aromatic nitrogens is 1. The topological polar surface area (TPSA) is 63.4 Å². The van der Waals surface area contributed by atoms with Gasteiger partial charge in [-0.2, -0.15) is 0 Å². The smallest absolute Gasteiger partial charge is 0.246 e. The van der Waals surface area contributed by atoms with Crippen LogP contribution < -0.4 is 5.32 Å². The average Bonchev–Trinajstić information content (AvgIpc) is 2.87. The molecule has 1 amide bonds. The number of H-pyrrole nitrogens is 1. The fourth-order valence-electron chi connectivity index (χ4n) is 2.03. The molecular weight excluding hydrogens is 256 g/mol. The number of carbonyl (C=O) groups is 1. The molecule has 0 aliphatic rings. The summed E-state index contributed by atoms with van der Waals surface area (Å²) in [6.07, 6.45) is 2.79. The molecule has 0 saturated heterocycles. The lowest BCUT2D eigenvalue weighted by Crippen LogP contribution is -2.29. The molecule has 1 aromatic heterocycles. The van der Waals surface area contributed by atoms with Crippen molar-refractivity contribution in [3.63, 3.8) is 0 Å². The van der Waals surface area contributed by atoms with Gasteiger partial charge in [-0.3, -0.25) is 4.79 Å². The van der Waals surface area contributed by atoms with Crippen molar-refractivity contribution in [2.24, 2.45) is 0 Å². The van der Waals surface area contributed by atoms with Gasteiger partial charge in [-0.25, -0.2) is 0 Å². The molecule has 0 radical (unpaired) electrons. The Morgan fingerprint density at radius 1 is 1.30 bits per heavy atom. The lowest BCUT2D eigenvalue weighted by molar-refractivity contribution is -0.126. The van der Waals surface area contributed by atoms with Crippen LogP contribution >= 0.6 is 0 Å². The van der Waals surface area contributed by atoms with Gasteiger partial charge in [0.2, 0.25) is 5.91 Å². The van der Waals surface area contributed by atoms with Crippen molar-refractivity contribution in [1.82, 2.24) is 10.3 Å². The molecule has 2 rings (SSSR count). The van der Waals surface area contributed by atoms with Crippen LogP contribution in [0.2, 0.25) is 0 Å². The number of para-hydroxylation sites is 1. The number of hydrogen-bond acceptors (Lipinski definition) is 3. The lowest BCUT2D eigenvalue weighted by Gasteiger charge is -2.05. The van der Waals surface area contributed by atoms with E-state index in [9.17, 15) is 4.79 Å². The van der Waals surface area contributed by atoms with Gasteiger partial charge in [0, 0.05) is 30.8 Å². The second-order valence-corrected chi connectivity index (χ2v) is 4.50. The molecule has 2 N–H and O–H groups in total. The molecule has 1 heterocycles. The Kier molecular flexibility index (Phi) is 5.58. The molecular formula is C15H20N2O3. The van der Waals surface area contributed by atoms with Crippen LogP contribution in [0.3, 0.4) is 0 Å². The second kappa shape index (κ2) is 7.67. The van der Waals surface area contributed by atoms with E-state index >= 15 is 0 Å². The molecule has 0 saturated carbocycles. The molecule has 0 bridgehead atoms. The summed E-state index contributed by atoms with van der Waals surface area (Å²) in [5.41, 5.74) is 2.33. The van der Waals surface area contributed by atoms with E-state index in [-0.39, 0.29) is 12.5 Å². The molecule has 5 nitrogen and oxygen atoms in total. The summed E-state index contributed by atoms with van der Waals surface area (Å²) >= 11 is 0. The Hall–Kier alpha value is -1.85. The van der Waals surface area contributed by atoms with Crippen molar-refractivity contribution in [2.75, 3.05) is 33.5 Å². The van der Waals surface area contributed by atoms with Gasteiger partial charge in [0.1, 0.15) is 6.61 Å². The number of methoxy groups -OCH3 is 1. The third-order valence-electron chi connectivity index (χ3n) is 3.06. The van der Waals surface area contributed by atoms with Crippen molar-refractivity contribution in [2.45, 2.75) is 6.42 Å². The number of carbonyl (C=O) groups excluding carboxylic acids is 1. The van der Waals surface area contributed by atoms with Gasteiger partial charge in [-0.05, 0) is 18.1 Å². The summed E-state index contributed by atoms with van der Waals surface area (Å²) in [5.74, 6) is -0.0963. The molecule has 0 aliphatic heterocycles. The zero-order valence-electron chi connectivity index (χ0n) is 11.6. The van der Waals surface area contributed by atoms with E-state index in [0.717, 1.165) is 11.9 Å². The first-order valence-electron chi connectivity index (χ1n) is 6.69. The first-order chi connectivity index (χ1) is 9.81. The van der Waals surface area contributed by atoms with Crippen LogP contribution in [-0.2, 0) is 20.7 Å². The molecule has 0 unspecified atom stereocenters. The van der Waals surface area contributed by atoms with E-state index in [2.05, 4.69) is 16.4 Å². The molecule has 0 spiro atoms. The van der Waals surface area contributed by atoms with Gasteiger partial charge < -0.3 is 19.8 Å². The maximum Gasteiger partial charge on any atom is 0.246 e. The summed E-state index contributed by atoms with van der Waals surface area (Å²) in [5, 5.41) is 4.05. The minimum absolute atomic E-state index is 0.0806. The van der Waals surface area contributed by atoms with Crippen LogP contribution in [-0.4, -0.2) is 44.4 Å². The van der Waals surface area contributed by atoms with Crippen LogP contribution in [0, 0.1) is 0 Å². The normalized spacial score (nSPS) is 10.8. The minimum Gasteiger partial charge on any atom is -0.382 e. The predicted molar refractivity (Wildman–Crippen MR) is 77.7 cm³/mol. The zero-order valence-corrected chi connectivity index (χ0v) is 11.6. The Labute approximate surface area is 118 Å². The Balaban J connectivity index is 1.71. The predicted octanol–water partition coefficient (Wildman–Crippen LogP) is 1.49. The second-order valence-electron chi connectivity index (χ2n) is 4.50. The summed E-state index contributed by atoms with van der Waals surface area (Å²) in [7, 11) is 1.60. The number of benzene rings is 1. The Morgan fingerprint density at radius 3 is 3.00 bits per heavy atom. The highest BCUT2D eigenvalue weighted by atomic mass is 16.5. The summed E-state index contributed by atoms with van der Waals surface area (Å²) in [6.45, 7) is 1.63. The SMILES string of the molecule is COCCOCC(=O)NCCc1c[nH]c2ccccc12. The molecule has 2 aromatic rings. The third-order valence-corrected chi connectivity index (χ3v) is 3.06. The standard InChI is InChI=1S/C15H20N2O3/c1-19-8-9-20-11-15(18)16-7-6-12-10-17-14-5-3-2-4-13(12)14/h2-5,10,17H,6-9,11H2,1H3,(H,16,18). The number of nitrogens with one attached hydrogen (secondary N) is 2. The first kappa shape index (κ1) is 14.6. The average molecular weight is 276 g/mol. The van der Waals surface area contributed by atoms with Gasteiger partial charge >= 0.3 is 0 Å². The van der Waals surface area contributed by atoms with Crippen LogP contribution in [0.5, 0.6) is 0 Å². The van der Waals surface area contributed by atoms with Crippen LogP contribution in [0.15, 0.2) is 30.5 Å². The number of fused-ring (bicyclic) bond motifs is 1. The molecule has 1 aromatic carbocycles. The maximum absolute atomic E-state index is 11.5. The largest absolute Gasteiger partial charge is 0.382 e. The molecule has 0 atom stereocenters. The van der Waals surface area contributed by atoms with E-state index in [1.165, 1.54) is 10.9 Å². The molecule has 5 heteroatoms. The Bertz CT molecular complexity index is 551. The van der Waals surface area contributed by atoms with Crippen LogP contribution in [0.25, 0.3) is 10.9 Å². The summed E-state index contributed by atoms with van der Waals surface area (Å²) in [4.78, 5) is 14.7. The highest BCUT2D eigenvalue weighted by molar-refractivity contribution is 5.83. The maximum atomic E-state index is 11.5. The molecule has 0 fully saturated rings. The zero-order chi connectivity index (χ0) is 14.2. The van der Waals surface area contributed by atoms with Crippen LogP contribution in [0.1, 0.15) is 5.56 Å². The highest BCUT2D eigenvalue weighted by Crippen LogP contribution is 2.17. The fourth-order valence-corrected chi connectivity index (χ4v) is 2.03. The first-order valence-corrected chi connectivity index (χ1v) is 6.69. The third kappa shape index (κ3) is 4.08. The fraction of sp³-hybridized carbons (Fsp3) is 0.400. The van der Waals surface area contributed by atoms with Crippen LogP contribution in [0.4, 0.5) is 0 Å². The van der Waals surface area contributed by atoms with Gasteiger partial charge in [-0.1, -0.05) is 18.2 Å². The quantitative estimate of drug-likeness (QED) is 0.718. The van der Waals surface area contributed by atoms with Gasteiger partial charge in [0.05, 0.1) is 13.2 Å². The van der Waals surface area contributed by atoms with Gasteiger partial charge in [0.25, 0.3) is 0 Å². The monoisotopic (exact) mass is 276 g/mol. The number of ether oxygens (including phenoxy) is 2. The van der Waals surface area contributed by atoms with E-state index in [1.807, 2.05) is 24.4 Å². The molecule has 108 valence electrons. The summed E-state index contributed by atoms with van der Waals surface area (Å²) < 4.78 is 9.99. The van der Waals surface area contributed by atoms with Gasteiger partial charge in [0.15, 0.2) is 0 Å². The number of rotatable bonds is 8. The van der Waals surface area contributed by atoms with Crippen molar-refractivity contribution in [3.05, 3.63) is 36.0 Å². The van der Waals surface area contributed by atoms with E-state index in [0.29, 0.717) is 19.8 Å². The molecule has 20 heavy (non-hydrogen) atoms. The Morgan fingerprint density at radius 2 is 2.15 bits per heavy atom. The van der Waals surface area contributed by atoms with Crippen molar-refractivity contribution < 1.29 is 14.3 Å². The van der Waals surface area contributed by atoms with Gasteiger partial charge in [-0.15, -0.1) is 0 Å².